The van der Waals surface area contributed by atoms with E-state index in [1.807, 2.05) is 36.4 Å². The Labute approximate surface area is 151 Å². The first-order chi connectivity index (χ1) is 12.8. The first-order valence-corrected chi connectivity index (χ1v) is 8.63. The van der Waals surface area contributed by atoms with Gasteiger partial charge in [0.05, 0.1) is 11.0 Å². The van der Waals surface area contributed by atoms with Crippen LogP contribution in [0.25, 0.3) is 22.4 Å². The minimum absolute atomic E-state index is 0.0622. The first-order valence-electron chi connectivity index (χ1n) is 8.63. The Morgan fingerprint density at radius 2 is 1.73 bits per heavy atom. The number of benzene rings is 2. The van der Waals surface area contributed by atoms with Gasteiger partial charge in [0.2, 0.25) is 5.91 Å². The van der Waals surface area contributed by atoms with Crippen LogP contribution >= 0.6 is 0 Å². The Kier molecular flexibility index (Phi) is 4.51. The summed E-state index contributed by atoms with van der Waals surface area (Å²) in [4.78, 5) is 25.5. The average Bonchev–Trinajstić information content (AvgIpc) is 3.13. The molecule has 0 N–H and O–H groups in total. The van der Waals surface area contributed by atoms with Crippen LogP contribution in [0, 0.1) is 0 Å². The summed E-state index contributed by atoms with van der Waals surface area (Å²) >= 11 is 0. The molecule has 5 heteroatoms. The molecule has 0 saturated carbocycles. The zero-order valence-electron chi connectivity index (χ0n) is 14.2. The van der Waals surface area contributed by atoms with Crippen LogP contribution in [-0.2, 0) is 6.42 Å². The number of carbonyl (C=O) groups is 1. The van der Waals surface area contributed by atoms with Gasteiger partial charge in [-0.3, -0.25) is 9.36 Å². The molecule has 26 heavy (non-hydrogen) atoms. The number of rotatable bonds is 5. The Morgan fingerprint density at radius 3 is 2.54 bits per heavy atom. The number of hydrogen-bond donors (Lipinski definition) is 0. The number of imidazole rings is 1. The SMILES string of the molecule is O=C(CCCc1ccccc1)n1cnc2cc(-c3ncccn3)ccc21. The molecule has 0 spiro atoms. The van der Waals surface area contributed by atoms with Crippen LogP contribution in [0.15, 0.2) is 73.3 Å². The van der Waals surface area contributed by atoms with E-state index in [0.29, 0.717) is 12.2 Å². The molecular weight excluding hydrogens is 324 g/mol. The van der Waals surface area contributed by atoms with Crippen molar-refractivity contribution in [2.45, 2.75) is 19.3 Å². The van der Waals surface area contributed by atoms with E-state index in [9.17, 15) is 4.79 Å². The Hall–Kier alpha value is -3.34. The molecule has 2 aromatic heterocycles. The summed E-state index contributed by atoms with van der Waals surface area (Å²) in [7, 11) is 0. The van der Waals surface area contributed by atoms with Crippen molar-refractivity contribution < 1.29 is 4.79 Å². The number of aromatic nitrogens is 4. The zero-order chi connectivity index (χ0) is 17.8. The smallest absolute Gasteiger partial charge is 0.232 e. The lowest BCUT2D eigenvalue weighted by atomic mass is 10.1. The molecule has 0 fully saturated rings. The molecule has 0 radical (unpaired) electrons. The van der Waals surface area contributed by atoms with Crippen molar-refractivity contribution in [1.29, 1.82) is 0 Å². The first kappa shape index (κ1) is 16.1. The molecule has 0 atom stereocenters. The van der Waals surface area contributed by atoms with E-state index in [1.54, 1.807) is 29.4 Å². The van der Waals surface area contributed by atoms with Crippen molar-refractivity contribution in [3.63, 3.8) is 0 Å². The van der Waals surface area contributed by atoms with Crippen LogP contribution < -0.4 is 0 Å². The topological polar surface area (TPSA) is 60.7 Å². The summed E-state index contributed by atoms with van der Waals surface area (Å²) in [5, 5.41) is 0. The molecule has 0 bridgehead atoms. The summed E-state index contributed by atoms with van der Waals surface area (Å²) in [6.07, 6.45) is 7.23. The molecule has 0 aliphatic heterocycles. The minimum Gasteiger partial charge on any atom is -0.274 e. The summed E-state index contributed by atoms with van der Waals surface area (Å²) in [5.74, 6) is 0.713. The zero-order valence-corrected chi connectivity index (χ0v) is 14.2. The highest BCUT2D eigenvalue weighted by molar-refractivity contribution is 5.91. The van der Waals surface area contributed by atoms with Crippen LogP contribution in [-0.4, -0.2) is 25.4 Å². The highest BCUT2D eigenvalue weighted by Gasteiger charge is 2.11. The number of hydrogen-bond acceptors (Lipinski definition) is 4. The maximum absolute atomic E-state index is 12.6. The lowest BCUT2D eigenvalue weighted by Crippen LogP contribution is -2.09. The van der Waals surface area contributed by atoms with Gasteiger partial charge < -0.3 is 0 Å². The minimum atomic E-state index is 0.0622. The maximum atomic E-state index is 12.6. The summed E-state index contributed by atoms with van der Waals surface area (Å²) in [5.41, 5.74) is 3.73. The molecule has 5 nitrogen and oxygen atoms in total. The second-order valence-corrected chi connectivity index (χ2v) is 6.12. The Bertz CT molecular complexity index is 1030. The fraction of sp³-hybridized carbons (Fsp3) is 0.143. The number of nitrogens with zero attached hydrogens (tertiary/aromatic N) is 4. The average molecular weight is 342 g/mol. The van der Waals surface area contributed by atoms with Crippen molar-refractivity contribution in [2.24, 2.45) is 0 Å². The molecule has 128 valence electrons. The van der Waals surface area contributed by atoms with E-state index in [0.717, 1.165) is 29.4 Å². The largest absolute Gasteiger partial charge is 0.274 e. The van der Waals surface area contributed by atoms with Crippen LogP contribution in [0.2, 0.25) is 0 Å². The van der Waals surface area contributed by atoms with Crippen LogP contribution in [0.1, 0.15) is 23.2 Å². The molecule has 4 rings (SSSR count). The van der Waals surface area contributed by atoms with E-state index < -0.39 is 0 Å². The van der Waals surface area contributed by atoms with Crippen molar-refractivity contribution in [3.8, 4) is 11.4 Å². The Morgan fingerprint density at radius 1 is 0.923 bits per heavy atom. The van der Waals surface area contributed by atoms with E-state index in [-0.39, 0.29) is 5.91 Å². The van der Waals surface area contributed by atoms with Crippen LogP contribution in [0.4, 0.5) is 0 Å². The third kappa shape index (κ3) is 3.37. The molecule has 0 amide bonds. The second-order valence-electron chi connectivity index (χ2n) is 6.12. The van der Waals surface area contributed by atoms with Crippen LogP contribution in [0.3, 0.4) is 0 Å². The third-order valence-electron chi connectivity index (χ3n) is 4.34. The second kappa shape index (κ2) is 7.27. The van der Waals surface area contributed by atoms with E-state index >= 15 is 0 Å². The highest BCUT2D eigenvalue weighted by atomic mass is 16.2. The van der Waals surface area contributed by atoms with Crippen LogP contribution in [0.5, 0.6) is 0 Å². The molecule has 0 aliphatic carbocycles. The molecular formula is C21H18N4O. The van der Waals surface area contributed by atoms with Crippen molar-refractivity contribution >= 4 is 16.9 Å². The fourth-order valence-electron chi connectivity index (χ4n) is 3.01. The quantitative estimate of drug-likeness (QED) is 0.546. The molecule has 2 heterocycles. The molecule has 0 aliphatic rings. The molecule has 0 saturated heterocycles. The van der Waals surface area contributed by atoms with Gasteiger partial charge in [0.15, 0.2) is 5.82 Å². The van der Waals surface area contributed by atoms with Gasteiger partial charge in [-0.25, -0.2) is 15.0 Å². The molecule has 0 unspecified atom stereocenters. The van der Waals surface area contributed by atoms with Crippen molar-refractivity contribution in [2.75, 3.05) is 0 Å². The third-order valence-corrected chi connectivity index (χ3v) is 4.34. The normalized spacial score (nSPS) is 10.9. The van der Waals surface area contributed by atoms with E-state index in [1.165, 1.54) is 5.56 Å². The fourth-order valence-corrected chi connectivity index (χ4v) is 3.01. The standard InChI is InChI=1S/C21H18N4O/c26-20(9-4-8-16-6-2-1-3-7-16)25-15-24-18-14-17(10-11-19(18)25)21-22-12-5-13-23-21/h1-3,5-7,10-15H,4,8-9H2. The van der Waals surface area contributed by atoms with Gasteiger partial charge in [-0.05, 0) is 42.7 Å². The molecule has 4 aromatic rings. The number of carbonyl (C=O) groups excluding carboxylic acids is 1. The van der Waals surface area contributed by atoms with Gasteiger partial charge in [-0.2, -0.15) is 0 Å². The summed E-state index contributed by atoms with van der Waals surface area (Å²) in [6, 6.07) is 17.7. The van der Waals surface area contributed by atoms with Gasteiger partial charge in [0, 0.05) is 24.4 Å². The highest BCUT2D eigenvalue weighted by Crippen LogP contribution is 2.21. The Balaban J connectivity index is 1.49. The predicted octanol–water partition coefficient (Wildman–Crippen LogP) is 4.16. The van der Waals surface area contributed by atoms with Gasteiger partial charge in [0.1, 0.15) is 6.33 Å². The lowest BCUT2D eigenvalue weighted by Gasteiger charge is -2.04. The van der Waals surface area contributed by atoms with Gasteiger partial charge >= 0.3 is 0 Å². The van der Waals surface area contributed by atoms with Gasteiger partial charge in [-0.15, -0.1) is 0 Å². The predicted molar refractivity (Wildman–Crippen MR) is 101 cm³/mol. The van der Waals surface area contributed by atoms with E-state index in [4.69, 9.17) is 0 Å². The van der Waals surface area contributed by atoms with E-state index in [2.05, 4.69) is 27.1 Å². The van der Waals surface area contributed by atoms with Crippen molar-refractivity contribution in [3.05, 3.63) is 78.9 Å². The monoisotopic (exact) mass is 342 g/mol. The van der Waals surface area contributed by atoms with Gasteiger partial charge in [0.25, 0.3) is 0 Å². The lowest BCUT2D eigenvalue weighted by molar-refractivity contribution is 0.0905. The van der Waals surface area contributed by atoms with Crippen molar-refractivity contribution in [1.82, 2.24) is 19.5 Å². The summed E-state index contributed by atoms with van der Waals surface area (Å²) in [6.45, 7) is 0. The molecule has 2 aromatic carbocycles. The summed E-state index contributed by atoms with van der Waals surface area (Å²) < 4.78 is 1.63. The number of aryl methyl sites for hydroxylation is 1. The van der Waals surface area contributed by atoms with Gasteiger partial charge in [-0.1, -0.05) is 30.3 Å². The maximum Gasteiger partial charge on any atom is 0.232 e. The number of fused-ring (bicyclic) bond motifs is 1.